The van der Waals surface area contributed by atoms with Crippen LogP contribution in [0, 0.1) is 5.82 Å². The first-order valence-electron chi connectivity index (χ1n) is 4.82. The highest BCUT2D eigenvalue weighted by Crippen LogP contribution is 2.04. The van der Waals surface area contributed by atoms with Crippen LogP contribution in [0.1, 0.15) is 12.5 Å². The Bertz CT molecular complexity index is 284. The second kappa shape index (κ2) is 5.80. The largest absolute Gasteiger partial charge is 0.388 e. The lowest BCUT2D eigenvalue weighted by Gasteiger charge is -2.14. The van der Waals surface area contributed by atoms with Crippen molar-refractivity contribution in [3.8, 4) is 0 Å². The van der Waals surface area contributed by atoms with Gasteiger partial charge in [0.1, 0.15) is 11.9 Å². The number of halogens is 1. The van der Waals surface area contributed by atoms with Crippen LogP contribution in [0.15, 0.2) is 24.3 Å². The molecule has 0 aliphatic heterocycles. The van der Waals surface area contributed by atoms with Gasteiger partial charge >= 0.3 is 0 Å². The highest BCUT2D eigenvalue weighted by atomic mass is 19.1. The maximum absolute atomic E-state index is 12.5. The minimum Gasteiger partial charge on any atom is -0.388 e. The Kier molecular flexibility index (Phi) is 4.68. The summed E-state index contributed by atoms with van der Waals surface area (Å²) < 4.78 is 17.5. The van der Waals surface area contributed by atoms with Gasteiger partial charge in [-0.2, -0.15) is 0 Å². The number of hydrogen-bond acceptors (Lipinski definition) is 3. The van der Waals surface area contributed by atoms with Gasteiger partial charge in [0.15, 0.2) is 6.29 Å². The number of aliphatic hydroxyl groups is 2. The molecule has 0 aliphatic rings. The van der Waals surface area contributed by atoms with Crippen molar-refractivity contribution in [2.24, 2.45) is 0 Å². The molecule has 0 aliphatic carbocycles. The molecule has 0 saturated heterocycles. The SMILES string of the molecule is C[C@H](O)[C@@H](O)OCCc1ccc(F)cc1. The van der Waals surface area contributed by atoms with Crippen molar-refractivity contribution in [3.05, 3.63) is 35.6 Å². The zero-order chi connectivity index (χ0) is 11.3. The van der Waals surface area contributed by atoms with E-state index in [9.17, 15) is 4.39 Å². The minimum absolute atomic E-state index is 0.274. The molecule has 0 fully saturated rings. The van der Waals surface area contributed by atoms with Crippen LogP contribution >= 0.6 is 0 Å². The fourth-order valence-corrected chi connectivity index (χ4v) is 1.09. The normalized spacial score (nSPS) is 14.9. The van der Waals surface area contributed by atoms with Gasteiger partial charge in [-0.1, -0.05) is 12.1 Å². The fraction of sp³-hybridized carbons (Fsp3) is 0.455. The molecule has 0 bridgehead atoms. The topological polar surface area (TPSA) is 49.7 Å². The molecule has 1 aromatic rings. The average Bonchev–Trinajstić information content (AvgIpc) is 2.20. The lowest BCUT2D eigenvalue weighted by molar-refractivity contribution is -0.155. The van der Waals surface area contributed by atoms with Crippen molar-refractivity contribution in [2.45, 2.75) is 25.7 Å². The van der Waals surface area contributed by atoms with E-state index < -0.39 is 12.4 Å². The van der Waals surface area contributed by atoms with Gasteiger partial charge in [-0.3, -0.25) is 0 Å². The first kappa shape index (κ1) is 12.1. The van der Waals surface area contributed by atoms with Crippen molar-refractivity contribution >= 4 is 0 Å². The van der Waals surface area contributed by atoms with Gasteiger partial charge in [0.25, 0.3) is 0 Å². The second-order valence-electron chi connectivity index (χ2n) is 3.38. The number of benzene rings is 1. The highest BCUT2D eigenvalue weighted by Gasteiger charge is 2.10. The van der Waals surface area contributed by atoms with Crippen LogP contribution in [-0.4, -0.2) is 29.2 Å². The van der Waals surface area contributed by atoms with E-state index in [4.69, 9.17) is 14.9 Å². The molecule has 0 heterocycles. The van der Waals surface area contributed by atoms with Crippen LogP contribution in [0.3, 0.4) is 0 Å². The summed E-state index contributed by atoms with van der Waals surface area (Å²) in [5.74, 6) is -0.274. The molecule has 0 radical (unpaired) electrons. The Morgan fingerprint density at radius 1 is 1.27 bits per heavy atom. The summed E-state index contributed by atoms with van der Waals surface area (Å²) in [6.07, 6.45) is -1.49. The van der Waals surface area contributed by atoms with Gasteiger partial charge < -0.3 is 14.9 Å². The maximum Gasteiger partial charge on any atom is 0.180 e. The Hall–Kier alpha value is -0.970. The van der Waals surface area contributed by atoms with E-state index in [1.165, 1.54) is 19.1 Å². The van der Waals surface area contributed by atoms with E-state index >= 15 is 0 Å². The third kappa shape index (κ3) is 4.38. The van der Waals surface area contributed by atoms with E-state index in [0.717, 1.165) is 5.56 Å². The average molecular weight is 214 g/mol. The standard InChI is InChI=1S/C11H15FO3/c1-8(13)11(14)15-7-6-9-2-4-10(12)5-3-9/h2-5,8,11,13-14H,6-7H2,1H3/t8-,11-/m0/s1. The van der Waals surface area contributed by atoms with Crippen LogP contribution in [0.5, 0.6) is 0 Å². The summed E-state index contributed by atoms with van der Waals surface area (Å²) in [6, 6.07) is 6.07. The predicted molar refractivity (Wildman–Crippen MR) is 53.7 cm³/mol. The molecule has 3 nitrogen and oxygen atoms in total. The summed E-state index contributed by atoms with van der Waals surface area (Å²) >= 11 is 0. The summed E-state index contributed by atoms with van der Waals surface area (Å²) in [6.45, 7) is 1.74. The van der Waals surface area contributed by atoms with Crippen molar-refractivity contribution in [2.75, 3.05) is 6.61 Å². The van der Waals surface area contributed by atoms with Gasteiger partial charge in [0.2, 0.25) is 0 Å². The molecule has 2 atom stereocenters. The third-order valence-electron chi connectivity index (χ3n) is 2.01. The van der Waals surface area contributed by atoms with E-state index in [0.29, 0.717) is 6.42 Å². The summed E-state index contributed by atoms with van der Waals surface area (Å²) in [5.41, 5.74) is 0.925. The molecule has 0 aromatic heterocycles. The van der Waals surface area contributed by atoms with Crippen molar-refractivity contribution in [1.82, 2.24) is 0 Å². The minimum atomic E-state index is -1.16. The molecule has 0 unspecified atom stereocenters. The Morgan fingerprint density at radius 2 is 1.87 bits per heavy atom. The third-order valence-corrected chi connectivity index (χ3v) is 2.01. The Balaban J connectivity index is 2.29. The molecular formula is C11H15FO3. The molecule has 0 saturated carbocycles. The van der Waals surface area contributed by atoms with Gasteiger partial charge in [-0.15, -0.1) is 0 Å². The highest BCUT2D eigenvalue weighted by molar-refractivity contribution is 5.15. The molecule has 1 aromatic carbocycles. The molecule has 2 N–H and O–H groups in total. The molecule has 4 heteroatoms. The first-order valence-corrected chi connectivity index (χ1v) is 4.82. The Morgan fingerprint density at radius 3 is 2.40 bits per heavy atom. The summed E-state index contributed by atoms with van der Waals surface area (Å²) in [4.78, 5) is 0. The predicted octanol–water partition coefficient (Wildman–Crippen LogP) is 1.08. The summed E-state index contributed by atoms with van der Waals surface area (Å²) in [7, 11) is 0. The van der Waals surface area contributed by atoms with Crippen LogP contribution in [-0.2, 0) is 11.2 Å². The van der Waals surface area contributed by atoms with Crippen molar-refractivity contribution in [3.63, 3.8) is 0 Å². The first-order chi connectivity index (χ1) is 7.09. The van der Waals surface area contributed by atoms with Gasteiger partial charge in [0, 0.05) is 0 Å². The zero-order valence-electron chi connectivity index (χ0n) is 8.56. The lowest BCUT2D eigenvalue weighted by atomic mass is 10.2. The monoisotopic (exact) mass is 214 g/mol. The maximum atomic E-state index is 12.5. The van der Waals surface area contributed by atoms with Crippen LogP contribution < -0.4 is 0 Å². The van der Waals surface area contributed by atoms with Crippen LogP contribution in [0.2, 0.25) is 0 Å². The van der Waals surface area contributed by atoms with Crippen molar-refractivity contribution < 1.29 is 19.3 Å². The van der Waals surface area contributed by atoms with E-state index in [1.54, 1.807) is 12.1 Å². The van der Waals surface area contributed by atoms with Crippen molar-refractivity contribution in [1.29, 1.82) is 0 Å². The van der Waals surface area contributed by atoms with Crippen LogP contribution in [0.25, 0.3) is 0 Å². The van der Waals surface area contributed by atoms with E-state index in [-0.39, 0.29) is 12.4 Å². The van der Waals surface area contributed by atoms with E-state index in [1.807, 2.05) is 0 Å². The molecule has 0 spiro atoms. The molecule has 1 rings (SSSR count). The quantitative estimate of drug-likeness (QED) is 0.721. The van der Waals surface area contributed by atoms with Crippen LogP contribution in [0.4, 0.5) is 4.39 Å². The number of aliphatic hydroxyl groups excluding tert-OH is 2. The van der Waals surface area contributed by atoms with Gasteiger partial charge in [0.05, 0.1) is 6.61 Å². The van der Waals surface area contributed by atoms with Gasteiger partial charge in [-0.25, -0.2) is 4.39 Å². The number of ether oxygens (including phenoxy) is 1. The molecule has 0 amide bonds. The van der Waals surface area contributed by atoms with Gasteiger partial charge in [-0.05, 0) is 31.0 Å². The molecular weight excluding hydrogens is 199 g/mol. The zero-order valence-corrected chi connectivity index (χ0v) is 8.56. The van der Waals surface area contributed by atoms with E-state index in [2.05, 4.69) is 0 Å². The fourth-order valence-electron chi connectivity index (χ4n) is 1.09. The molecule has 84 valence electrons. The molecule has 15 heavy (non-hydrogen) atoms. The Labute approximate surface area is 88.1 Å². The lowest BCUT2D eigenvalue weighted by Crippen LogP contribution is -2.26. The number of rotatable bonds is 5. The number of hydrogen-bond donors (Lipinski definition) is 2. The smallest absolute Gasteiger partial charge is 0.180 e. The summed E-state index contributed by atoms with van der Waals surface area (Å²) in [5, 5.41) is 18.0. The second-order valence-corrected chi connectivity index (χ2v) is 3.38.